The van der Waals surface area contributed by atoms with Crippen molar-refractivity contribution in [3.8, 4) is 12.3 Å². The van der Waals surface area contributed by atoms with Gasteiger partial charge < -0.3 is 15.4 Å². The van der Waals surface area contributed by atoms with Crippen molar-refractivity contribution < 1.29 is 9.53 Å². The van der Waals surface area contributed by atoms with Crippen molar-refractivity contribution in [1.82, 2.24) is 10.6 Å². The van der Waals surface area contributed by atoms with Gasteiger partial charge in [0.15, 0.2) is 0 Å². The van der Waals surface area contributed by atoms with E-state index in [1.165, 1.54) is 0 Å². The second-order valence-electron chi connectivity index (χ2n) is 6.46. The van der Waals surface area contributed by atoms with Crippen molar-refractivity contribution in [2.45, 2.75) is 77.0 Å². The highest BCUT2D eigenvalue weighted by Crippen LogP contribution is 2.19. The monoisotopic (exact) mass is 280 g/mol. The predicted molar refractivity (Wildman–Crippen MR) is 81.5 cm³/mol. The van der Waals surface area contributed by atoms with Crippen LogP contribution in [0.3, 0.4) is 0 Å². The van der Waals surface area contributed by atoms with E-state index in [9.17, 15) is 4.79 Å². The van der Waals surface area contributed by atoms with Crippen LogP contribution in [0.2, 0.25) is 0 Å². The van der Waals surface area contributed by atoms with Crippen LogP contribution in [0.1, 0.15) is 59.3 Å². The molecule has 1 aliphatic carbocycles. The van der Waals surface area contributed by atoms with E-state index in [2.05, 4.69) is 16.6 Å². The summed E-state index contributed by atoms with van der Waals surface area (Å²) in [6, 6.07) is 0.804. The van der Waals surface area contributed by atoms with E-state index in [0.29, 0.717) is 6.04 Å². The quantitative estimate of drug-likeness (QED) is 0.601. The Morgan fingerprint density at radius 2 is 1.85 bits per heavy atom. The van der Waals surface area contributed by atoms with E-state index in [-0.39, 0.29) is 12.1 Å². The number of rotatable bonds is 5. The molecule has 1 amide bonds. The van der Waals surface area contributed by atoms with E-state index in [0.717, 1.165) is 45.1 Å². The number of terminal acetylenes is 1. The van der Waals surface area contributed by atoms with Crippen molar-refractivity contribution in [3.63, 3.8) is 0 Å². The maximum absolute atomic E-state index is 11.7. The average molecular weight is 280 g/mol. The predicted octanol–water partition coefficient (Wildman–Crippen LogP) is 2.83. The fourth-order valence-electron chi connectivity index (χ4n) is 2.41. The molecule has 114 valence electrons. The molecule has 1 aliphatic rings. The van der Waals surface area contributed by atoms with Crippen LogP contribution >= 0.6 is 0 Å². The first-order valence-corrected chi connectivity index (χ1v) is 7.57. The Morgan fingerprint density at radius 1 is 1.25 bits per heavy atom. The van der Waals surface area contributed by atoms with Gasteiger partial charge in [-0.3, -0.25) is 0 Å². The molecule has 0 aromatic heterocycles. The lowest BCUT2D eigenvalue weighted by atomic mass is 9.91. The number of nitrogens with one attached hydrogen (secondary N) is 2. The van der Waals surface area contributed by atoms with E-state index in [4.69, 9.17) is 11.2 Å². The Bertz CT molecular complexity index is 333. The summed E-state index contributed by atoms with van der Waals surface area (Å²) in [6.45, 7) is 6.62. The van der Waals surface area contributed by atoms with Crippen molar-refractivity contribution in [2.75, 3.05) is 6.54 Å². The Morgan fingerprint density at radius 3 is 2.40 bits per heavy atom. The Kier molecular flexibility index (Phi) is 6.87. The molecule has 4 nitrogen and oxygen atoms in total. The zero-order valence-electron chi connectivity index (χ0n) is 13.0. The number of unbranched alkanes of at least 4 members (excludes halogenated alkanes) is 1. The topological polar surface area (TPSA) is 50.4 Å². The molecule has 0 heterocycles. The van der Waals surface area contributed by atoms with E-state index < -0.39 is 5.60 Å². The number of hydrogen-bond acceptors (Lipinski definition) is 3. The second-order valence-corrected chi connectivity index (χ2v) is 6.46. The van der Waals surface area contributed by atoms with Crippen LogP contribution in [0.5, 0.6) is 0 Å². The molecule has 0 spiro atoms. The minimum absolute atomic E-state index is 0.244. The SMILES string of the molecule is C#CCCCNC1CCC(NC(=O)OC(C)(C)C)CC1. The first-order valence-electron chi connectivity index (χ1n) is 7.57. The van der Waals surface area contributed by atoms with Crippen LogP contribution in [-0.4, -0.2) is 30.3 Å². The summed E-state index contributed by atoms with van der Waals surface area (Å²) in [7, 11) is 0. The zero-order valence-corrected chi connectivity index (χ0v) is 13.0. The molecule has 0 radical (unpaired) electrons. The molecule has 0 aliphatic heterocycles. The summed E-state index contributed by atoms with van der Waals surface area (Å²) in [4.78, 5) is 11.7. The maximum Gasteiger partial charge on any atom is 0.407 e. The third-order valence-electron chi connectivity index (χ3n) is 3.38. The van der Waals surface area contributed by atoms with Crippen molar-refractivity contribution in [3.05, 3.63) is 0 Å². The van der Waals surface area contributed by atoms with E-state index >= 15 is 0 Å². The molecule has 20 heavy (non-hydrogen) atoms. The zero-order chi connectivity index (χ0) is 15.0. The lowest BCUT2D eigenvalue weighted by Crippen LogP contribution is -2.44. The summed E-state index contributed by atoms with van der Waals surface area (Å²) in [5, 5.41) is 6.49. The van der Waals surface area contributed by atoms with Gasteiger partial charge in [-0.15, -0.1) is 12.3 Å². The summed E-state index contributed by atoms with van der Waals surface area (Å²) >= 11 is 0. The molecule has 0 bridgehead atoms. The normalized spacial score (nSPS) is 22.9. The fourth-order valence-corrected chi connectivity index (χ4v) is 2.41. The summed E-state index contributed by atoms with van der Waals surface area (Å²) in [6.07, 6.45) is 11.0. The van der Waals surface area contributed by atoms with Gasteiger partial charge >= 0.3 is 6.09 Å². The van der Waals surface area contributed by atoms with E-state index in [1.54, 1.807) is 0 Å². The molecule has 0 aromatic carbocycles. The van der Waals surface area contributed by atoms with Gasteiger partial charge in [0, 0.05) is 18.5 Å². The Labute approximate surface area is 123 Å². The number of carbonyl (C=O) groups excluding carboxylic acids is 1. The molecular formula is C16H28N2O2. The van der Waals surface area contributed by atoms with Crippen LogP contribution in [0.4, 0.5) is 4.79 Å². The highest BCUT2D eigenvalue weighted by atomic mass is 16.6. The molecule has 4 heteroatoms. The lowest BCUT2D eigenvalue weighted by molar-refractivity contribution is 0.0490. The van der Waals surface area contributed by atoms with Crippen LogP contribution in [0.25, 0.3) is 0 Å². The number of carbonyl (C=O) groups is 1. The molecule has 1 fully saturated rings. The van der Waals surface area contributed by atoms with Crippen LogP contribution in [0.15, 0.2) is 0 Å². The summed E-state index contributed by atoms with van der Waals surface area (Å²) in [5.41, 5.74) is -0.431. The molecule has 0 unspecified atom stereocenters. The van der Waals surface area contributed by atoms with Crippen LogP contribution < -0.4 is 10.6 Å². The van der Waals surface area contributed by atoms with Gasteiger partial charge in [0.1, 0.15) is 5.60 Å². The molecule has 0 saturated heterocycles. The number of hydrogen-bond donors (Lipinski definition) is 2. The maximum atomic E-state index is 11.7. The first-order chi connectivity index (χ1) is 9.40. The standard InChI is InChI=1S/C16H28N2O2/c1-5-6-7-12-17-13-8-10-14(11-9-13)18-15(19)20-16(2,3)4/h1,13-14,17H,6-12H2,2-4H3,(H,18,19). The third kappa shape index (κ3) is 7.40. The van der Waals surface area contributed by atoms with Crippen molar-refractivity contribution in [2.24, 2.45) is 0 Å². The smallest absolute Gasteiger partial charge is 0.407 e. The Balaban J connectivity index is 2.16. The highest BCUT2D eigenvalue weighted by Gasteiger charge is 2.24. The molecule has 1 saturated carbocycles. The largest absolute Gasteiger partial charge is 0.444 e. The molecule has 0 aromatic rings. The minimum Gasteiger partial charge on any atom is -0.444 e. The number of alkyl carbamates (subject to hydrolysis) is 1. The van der Waals surface area contributed by atoms with Gasteiger partial charge in [-0.25, -0.2) is 4.79 Å². The van der Waals surface area contributed by atoms with Crippen LogP contribution in [0, 0.1) is 12.3 Å². The number of amides is 1. The van der Waals surface area contributed by atoms with Gasteiger partial charge in [0.2, 0.25) is 0 Å². The lowest BCUT2D eigenvalue weighted by Gasteiger charge is -2.30. The van der Waals surface area contributed by atoms with E-state index in [1.807, 2.05) is 20.8 Å². The third-order valence-corrected chi connectivity index (χ3v) is 3.38. The molecule has 0 atom stereocenters. The molecular weight excluding hydrogens is 252 g/mol. The fraction of sp³-hybridized carbons (Fsp3) is 0.812. The minimum atomic E-state index is -0.431. The van der Waals surface area contributed by atoms with Crippen molar-refractivity contribution >= 4 is 6.09 Å². The van der Waals surface area contributed by atoms with Crippen LogP contribution in [-0.2, 0) is 4.74 Å². The highest BCUT2D eigenvalue weighted by molar-refractivity contribution is 5.68. The molecule has 2 N–H and O–H groups in total. The average Bonchev–Trinajstić information content (AvgIpc) is 2.34. The van der Waals surface area contributed by atoms with Crippen molar-refractivity contribution in [1.29, 1.82) is 0 Å². The first kappa shape index (κ1) is 16.8. The summed E-state index contributed by atoms with van der Waals surface area (Å²) < 4.78 is 5.27. The van der Waals surface area contributed by atoms with Gasteiger partial charge in [-0.1, -0.05) is 0 Å². The summed E-state index contributed by atoms with van der Waals surface area (Å²) in [5.74, 6) is 2.65. The Hall–Kier alpha value is -1.21. The van der Waals surface area contributed by atoms with Gasteiger partial charge in [0.05, 0.1) is 0 Å². The second kappa shape index (κ2) is 8.16. The van der Waals surface area contributed by atoms with Gasteiger partial charge in [-0.2, -0.15) is 0 Å². The molecule has 1 rings (SSSR count). The number of ether oxygens (including phenoxy) is 1. The van der Waals surface area contributed by atoms with Gasteiger partial charge in [-0.05, 0) is 59.4 Å². The van der Waals surface area contributed by atoms with Gasteiger partial charge in [0.25, 0.3) is 0 Å².